The lowest BCUT2D eigenvalue weighted by atomic mass is 9.88. The van der Waals surface area contributed by atoms with Gasteiger partial charge in [0.2, 0.25) is 0 Å². The van der Waals surface area contributed by atoms with Crippen LogP contribution in [0.4, 0.5) is 10.1 Å². The van der Waals surface area contributed by atoms with E-state index in [0.29, 0.717) is 37.1 Å². The molecule has 1 fully saturated rings. The van der Waals surface area contributed by atoms with Crippen LogP contribution in [0.3, 0.4) is 0 Å². The zero-order valence-electron chi connectivity index (χ0n) is 18.7. The molecular weight excluding hydrogens is 393 g/mol. The predicted octanol–water partition coefficient (Wildman–Crippen LogP) is 4.79. The Kier molecular flexibility index (Phi) is 7.21. The lowest BCUT2D eigenvalue weighted by Crippen LogP contribution is -2.40. The molecule has 1 aliphatic heterocycles. The summed E-state index contributed by atoms with van der Waals surface area (Å²) < 4.78 is 13.1. The fourth-order valence-electron chi connectivity index (χ4n) is 3.78. The molecule has 0 atom stereocenters. The van der Waals surface area contributed by atoms with Gasteiger partial charge >= 0.3 is 0 Å². The van der Waals surface area contributed by atoms with Crippen LogP contribution in [0.25, 0.3) is 0 Å². The molecule has 2 aromatic rings. The summed E-state index contributed by atoms with van der Waals surface area (Å²) in [6.07, 6.45) is 3.03. The summed E-state index contributed by atoms with van der Waals surface area (Å²) in [5.74, 6) is -0.464. The summed E-state index contributed by atoms with van der Waals surface area (Å²) >= 11 is 0. The van der Waals surface area contributed by atoms with E-state index >= 15 is 0 Å². The molecular formula is C25H30FN3O2. The van der Waals surface area contributed by atoms with Crippen molar-refractivity contribution in [2.75, 3.05) is 26.7 Å². The largest absolute Gasteiger partial charge is 0.366 e. The van der Waals surface area contributed by atoms with Crippen LogP contribution in [-0.2, 0) is 0 Å². The van der Waals surface area contributed by atoms with E-state index in [1.165, 1.54) is 24.3 Å². The summed E-state index contributed by atoms with van der Waals surface area (Å²) in [4.78, 5) is 34.2. The number of carbonyl (C=O) groups is 2. The van der Waals surface area contributed by atoms with Crippen molar-refractivity contribution < 1.29 is 14.0 Å². The first-order chi connectivity index (χ1) is 14.8. The van der Waals surface area contributed by atoms with Gasteiger partial charge < -0.3 is 9.80 Å². The highest BCUT2D eigenvalue weighted by atomic mass is 19.1. The molecule has 3 rings (SSSR count). The van der Waals surface area contributed by atoms with Crippen molar-refractivity contribution in [3.63, 3.8) is 0 Å². The average Bonchev–Trinajstić information content (AvgIpc) is 2.78. The second kappa shape index (κ2) is 9.86. The van der Waals surface area contributed by atoms with E-state index in [9.17, 15) is 14.0 Å². The number of hydrogen-bond acceptors (Lipinski definition) is 3. The molecule has 31 heavy (non-hydrogen) atoms. The van der Waals surface area contributed by atoms with E-state index in [2.05, 4.69) is 11.9 Å². The second-order valence-corrected chi connectivity index (χ2v) is 8.21. The Morgan fingerprint density at radius 1 is 1.13 bits per heavy atom. The Hall–Kier alpha value is -3.02. The third-order valence-corrected chi connectivity index (χ3v) is 5.95. The molecule has 5 nitrogen and oxygen atoms in total. The van der Waals surface area contributed by atoms with Crippen molar-refractivity contribution in [3.8, 4) is 0 Å². The van der Waals surface area contributed by atoms with Gasteiger partial charge in [-0.1, -0.05) is 0 Å². The van der Waals surface area contributed by atoms with Crippen LogP contribution in [0.5, 0.6) is 0 Å². The number of rotatable bonds is 6. The van der Waals surface area contributed by atoms with Crippen molar-refractivity contribution in [1.29, 1.82) is 0 Å². The predicted molar refractivity (Wildman–Crippen MR) is 122 cm³/mol. The van der Waals surface area contributed by atoms with E-state index in [4.69, 9.17) is 0 Å². The number of Topliss-reactive ketones (excluding diaryl/α,β-unsaturated/α-hetero) is 1. The number of ketones is 1. The van der Waals surface area contributed by atoms with E-state index in [1.54, 1.807) is 6.34 Å². The van der Waals surface area contributed by atoms with Crippen molar-refractivity contribution in [3.05, 3.63) is 64.5 Å². The Labute approximate surface area is 183 Å². The number of nitrogens with zero attached hydrogens (tertiary/aromatic N) is 3. The average molecular weight is 424 g/mol. The number of aliphatic imine (C=N–C) groups is 1. The fourth-order valence-corrected chi connectivity index (χ4v) is 3.78. The van der Waals surface area contributed by atoms with Gasteiger partial charge in [0.05, 0.1) is 12.0 Å². The van der Waals surface area contributed by atoms with E-state index < -0.39 is 0 Å². The van der Waals surface area contributed by atoms with Gasteiger partial charge in [0.15, 0.2) is 5.78 Å². The van der Waals surface area contributed by atoms with Gasteiger partial charge in [0, 0.05) is 43.7 Å². The number of carbonyl (C=O) groups excluding carboxylic acids is 2. The molecule has 0 bridgehead atoms. The molecule has 0 saturated carbocycles. The zero-order chi connectivity index (χ0) is 22.5. The molecule has 1 saturated heterocycles. The molecule has 0 spiro atoms. The van der Waals surface area contributed by atoms with Crippen LogP contribution in [0.15, 0.2) is 41.4 Å². The monoisotopic (exact) mass is 423 g/mol. The van der Waals surface area contributed by atoms with Crippen LogP contribution >= 0.6 is 0 Å². The number of piperidine rings is 1. The van der Waals surface area contributed by atoms with Crippen molar-refractivity contribution in [2.24, 2.45) is 10.9 Å². The Bertz CT molecular complexity index is 977. The highest BCUT2D eigenvalue weighted by Gasteiger charge is 2.29. The number of hydrogen-bond donors (Lipinski definition) is 0. The smallest absolute Gasteiger partial charge is 0.254 e. The van der Waals surface area contributed by atoms with Gasteiger partial charge in [-0.25, -0.2) is 9.38 Å². The molecule has 0 N–H and O–H groups in total. The summed E-state index contributed by atoms with van der Waals surface area (Å²) in [6, 6.07) is 9.54. The molecule has 0 aliphatic carbocycles. The molecule has 6 heteroatoms. The maximum Gasteiger partial charge on any atom is 0.254 e. The number of amides is 1. The highest BCUT2D eigenvalue weighted by molar-refractivity contribution is 5.99. The number of aryl methyl sites for hydroxylation is 2. The van der Waals surface area contributed by atoms with Gasteiger partial charge in [0.1, 0.15) is 5.82 Å². The van der Waals surface area contributed by atoms with Gasteiger partial charge in [0.25, 0.3) is 5.91 Å². The molecule has 1 heterocycles. The van der Waals surface area contributed by atoms with Gasteiger partial charge in [-0.05, 0) is 81.1 Å². The van der Waals surface area contributed by atoms with Crippen LogP contribution in [-0.4, -0.2) is 54.5 Å². The Balaban J connectivity index is 1.66. The van der Waals surface area contributed by atoms with Crippen molar-refractivity contribution in [1.82, 2.24) is 9.80 Å². The second-order valence-electron chi connectivity index (χ2n) is 8.21. The minimum atomic E-state index is -0.350. The fraction of sp³-hybridized carbons (Fsp3) is 0.400. The number of halogens is 1. The van der Waals surface area contributed by atoms with Crippen LogP contribution < -0.4 is 0 Å². The van der Waals surface area contributed by atoms with Crippen LogP contribution in [0.1, 0.15) is 51.6 Å². The molecule has 0 unspecified atom stereocenters. The molecule has 2 aromatic carbocycles. The molecule has 0 aromatic heterocycles. The number of likely N-dealkylation sites (tertiary alicyclic amines) is 1. The molecule has 0 radical (unpaired) electrons. The minimum Gasteiger partial charge on any atom is -0.366 e. The molecule has 164 valence electrons. The first kappa shape index (κ1) is 22.7. The third kappa shape index (κ3) is 5.37. The Morgan fingerprint density at radius 3 is 2.39 bits per heavy atom. The van der Waals surface area contributed by atoms with Gasteiger partial charge in [-0.3, -0.25) is 9.59 Å². The van der Waals surface area contributed by atoms with Crippen LogP contribution in [0.2, 0.25) is 0 Å². The summed E-state index contributed by atoms with van der Waals surface area (Å²) in [7, 11) is 1.97. The topological polar surface area (TPSA) is 53.0 Å². The van der Waals surface area contributed by atoms with E-state index in [0.717, 1.165) is 23.4 Å². The molecule has 1 amide bonds. The third-order valence-electron chi connectivity index (χ3n) is 5.95. The maximum absolute atomic E-state index is 13.1. The van der Waals surface area contributed by atoms with E-state index in [1.807, 2.05) is 42.8 Å². The lowest BCUT2D eigenvalue weighted by molar-refractivity contribution is 0.0649. The quantitative estimate of drug-likeness (QED) is 0.381. The normalized spacial score (nSPS) is 14.8. The Morgan fingerprint density at radius 2 is 1.77 bits per heavy atom. The van der Waals surface area contributed by atoms with Gasteiger partial charge in [-0.2, -0.15) is 0 Å². The summed E-state index contributed by atoms with van der Waals surface area (Å²) in [5, 5.41) is 0. The number of benzene rings is 2. The zero-order valence-corrected chi connectivity index (χ0v) is 18.7. The van der Waals surface area contributed by atoms with Gasteiger partial charge in [-0.15, -0.1) is 0 Å². The maximum atomic E-state index is 13.1. The first-order valence-corrected chi connectivity index (χ1v) is 10.7. The lowest BCUT2D eigenvalue weighted by Gasteiger charge is -2.32. The van der Waals surface area contributed by atoms with E-state index in [-0.39, 0.29) is 23.4 Å². The minimum absolute atomic E-state index is 0.00510. The van der Waals surface area contributed by atoms with Crippen molar-refractivity contribution in [2.45, 2.75) is 33.6 Å². The first-order valence-electron chi connectivity index (χ1n) is 10.7. The molecule has 1 aliphatic rings. The van der Waals surface area contributed by atoms with Crippen molar-refractivity contribution >= 4 is 23.7 Å². The standard InChI is InChI=1S/C25H30FN3O2/c1-5-28(4)16-27-23-15-17(2)22(14-18(23)3)25(31)29-12-10-20(11-13-29)24(30)19-6-8-21(26)9-7-19/h6-9,14-16,20H,5,10-13H2,1-4H3. The SMILES string of the molecule is CCN(C)C=Nc1cc(C)c(C(=O)N2CCC(C(=O)c3ccc(F)cc3)CC2)cc1C. The summed E-state index contributed by atoms with van der Waals surface area (Å²) in [6.45, 7) is 7.90. The highest BCUT2D eigenvalue weighted by Crippen LogP contribution is 2.27. The summed E-state index contributed by atoms with van der Waals surface area (Å²) in [5.41, 5.74) is 3.92. The van der Waals surface area contributed by atoms with Crippen LogP contribution in [0, 0.1) is 25.6 Å².